The molecule has 6 nitrogen and oxygen atoms in total. The van der Waals surface area contributed by atoms with Crippen molar-refractivity contribution in [1.82, 2.24) is 0 Å². The molecule has 1 unspecified atom stereocenters. The SMILES string of the molecule is COC(=O)C[C@H]1CC[C@@H]2O[C@@H]3C[C@]2(C[C@@H](O)C3O)O1. The fourth-order valence-electron chi connectivity index (χ4n) is 3.64. The van der Waals surface area contributed by atoms with Gasteiger partial charge in [-0.15, -0.1) is 0 Å². The van der Waals surface area contributed by atoms with Gasteiger partial charge in [-0.2, -0.15) is 0 Å². The van der Waals surface area contributed by atoms with Crippen LogP contribution in [0.1, 0.15) is 32.1 Å². The van der Waals surface area contributed by atoms with Crippen LogP contribution in [0.15, 0.2) is 0 Å². The summed E-state index contributed by atoms with van der Waals surface area (Å²) in [4.78, 5) is 11.3. The van der Waals surface area contributed by atoms with Crippen LogP contribution in [-0.2, 0) is 19.0 Å². The van der Waals surface area contributed by atoms with Crippen LogP contribution in [0.2, 0.25) is 0 Å². The molecule has 2 N–H and O–H groups in total. The third-order valence-corrected chi connectivity index (χ3v) is 4.58. The van der Waals surface area contributed by atoms with E-state index < -0.39 is 17.8 Å². The number of methoxy groups -OCH3 is 1. The van der Waals surface area contributed by atoms with Crippen molar-refractivity contribution in [3.63, 3.8) is 0 Å². The number of aliphatic hydroxyl groups is 2. The topological polar surface area (TPSA) is 85.2 Å². The lowest BCUT2D eigenvalue weighted by atomic mass is 9.76. The molecule has 2 heterocycles. The molecular weight excluding hydrogens is 252 g/mol. The molecule has 0 aromatic carbocycles. The number of ether oxygens (including phenoxy) is 3. The van der Waals surface area contributed by atoms with Crippen LogP contribution in [0.3, 0.4) is 0 Å². The first kappa shape index (κ1) is 13.3. The minimum Gasteiger partial charge on any atom is -0.469 e. The van der Waals surface area contributed by atoms with Crippen molar-refractivity contribution in [2.24, 2.45) is 0 Å². The van der Waals surface area contributed by atoms with E-state index in [0.717, 1.165) is 12.8 Å². The van der Waals surface area contributed by atoms with E-state index in [2.05, 4.69) is 4.74 Å². The lowest BCUT2D eigenvalue weighted by molar-refractivity contribution is -0.184. The van der Waals surface area contributed by atoms with Gasteiger partial charge in [-0.1, -0.05) is 0 Å². The highest BCUT2D eigenvalue weighted by Crippen LogP contribution is 2.49. The molecule has 3 rings (SSSR count). The van der Waals surface area contributed by atoms with Gasteiger partial charge in [-0.05, 0) is 12.8 Å². The van der Waals surface area contributed by atoms with Gasteiger partial charge < -0.3 is 24.4 Å². The molecule has 0 aromatic rings. The van der Waals surface area contributed by atoms with Crippen LogP contribution in [0.25, 0.3) is 0 Å². The highest BCUT2D eigenvalue weighted by atomic mass is 16.6. The number of hydrogen-bond donors (Lipinski definition) is 2. The number of carbonyl (C=O) groups is 1. The van der Waals surface area contributed by atoms with Gasteiger partial charge in [0.1, 0.15) is 6.10 Å². The third-order valence-electron chi connectivity index (χ3n) is 4.58. The maximum absolute atomic E-state index is 11.3. The summed E-state index contributed by atoms with van der Waals surface area (Å²) in [5.74, 6) is -0.285. The molecule has 2 aliphatic heterocycles. The Balaban J connectivity index is 1.73. The predicted molar refractivity (Wildman–Crippen MR) is 63.4 cm³/mol. The molecule has 3 aliphatic rings. The van der Waals surface area contributed by atoms with E-state index in [1.807, 2.05) is 0 Å². The Morgan fingerprint density at radius 2 is 2.16 bits per heavy atom. The fraction of sp³-hybridized carbons (Fsp3) is 0.923. The molecule has 0 radical (unpaired) electrons. The van der Waals surface area contributed by atoms with Gasteiger partial charge in [0.15, 0.2) is 0 Å². The van der Waals surface area contributed by atoms with Gasteiger partial charge in [-0.25, -0.2) is 0 Å². The summed E-state index contributed by atoms with van der Waals surface area (Å²) in [7, 11) is 1.36. The summed E-state index contributed by atoms with van der Waals surface area (Å²) in [6.45, 7) is 0. The van der Waals surface area contributed by atoms with Gasteiger partial charge in [0.2, 0.25) is 0 Å². The number of rotatable bonds is 2. The molecule has 0 amide bonds. The average Bonchev–Trinajstić information content (AvgIpc) is 2.70. The zero-order valence-corrected chi connectivity index (χ0v) is 10.9. The maximum atomic E-state index is 11.3. The molecule has 2 bridgehead atoms. The van der Waals surface area contributed by atoms with Gasteiger partial charge >= 0.3 is 5.97 Å². The summed E-state index contributed by atoms with van der Waals surface area (Å²) in [6.07, 6.45) is 0.434. The van der Waals surface area contributed by atoms with E-state index in [0.29, 0.717) is 12.8 Å². The molecule has 6 atom stereocenters. The Morgan fingerprint density at radius 1 is 1.37 bits per heavy atom. The molecule has 1 aliphatic carbocycles. The van der Waals surface area contributed by atoms with Crippen LogP contribution in [0.4, 0.5) is 0 Å². The second kappa shape index (κ2) is 4.70. The number of esters is 1. The first-order valence-corrected chi connectivity index (χ1v) is 6.80. The summed E-state index contributed by atoms with van der Waals surface area (Å²) >= 11 is 0. The minimum absolute atomic E-state index is 0.0850. The molecule has 19 heavy (non-hydrogen) atoms. The van der Waals surface area contributed by atoms with E-state index in [-0.39, 0.29) is 30.7 Å². The van der Waals surface area contributed by atoms with Crippen molar-refractivity contribution in [2.75, 3.05) is 7.11 Å². The van der Waals surface area contributed by atoms with Gasteiger partial charge in [0.05, 0.1) is 43.5 Å². The van der Waals surface area contributed by atoms with Crippen LogP contribution < -0.4 is 0 Å². The highest BCUT2D eigenvalue weighted by Gasteiger charge is 2.59. The minimum atomic E-state index is -0.834. The third kappa shape index (κ3) is 2.16. The maximum Gasteiger partial charge on any atom is 0.308 e. The van der Waals surface area contributed by atoms with Gasteiger partial charge in [0, 0.05) is 12.8 Å². The second-order valence-electron chi connectivity index (χ2n) is 5.79. The van der Waals surface area contributed by atoms with Crippen molar-refractivity contribution in [2.45, 2.75) is 68.2 Å². The molecule has 1 saturated carbocycles. The highest BCUT2D eigenvalue weighted by molar-refractivity contribution is 5.69. The zero-order valence-electron chi connectivity index (χ0n) is 10.9. The predicted octanol–water partition coefficient (Wildman–Crippen LogP) is -0.250. The Bertz CT molecular complexity index is 372. The van der Waals surface area contributed by atoms with Crippen molar-refractivity contribution in [3.05, 3.63) is 0 Å². The Hall–Kier alpha value is -0.690. The zero-order chi connectivity index (χ0) is 13.6. The Kier molecular flexibility index (Phi) is 3.29. The normalized spacial score (nSPS) is 48.7. The molecule has 6 heteroatoms. The van der Waals surface area contributed by atoms with Gasteiger partial charge in [0.25, 0.3) is 0 Å². The Morgan fingerprint density at radius 3 is 2.89 bits per heavy atom. The first-order valence-electron chi connectivity index (χ1n) is 6.80. The lowest BCUT2D eigenvalue weighted by Gasteiger charge is -2.44. The second-order valence-corrected chi connectivity index (χ2v) is 5.79. The van der Waals surface area contributed by atoms with E-state index >= 15 is 0 Å². The van der Waals surface area contributed by atoms with Crippen LogP contribution in [-0.4, -0.2) is 59.4 Å². The average molecular weight is 272 g/mol. The van der Waals surface area contributed by atoms with Crippen molar-refractivity contribution in [1.29, 1.82) is 0 Å². The van der Waals surface area contributed by atoms with Crippen LogP contribution >= 0.6 is 0 Å². The van der Waals surface area contributed by atoms with Crippen LogP contribution in [0.5, 0.6) is 0 Å². The first-order chi connectivity index (χ1) is 9.04. The van der Waals surface area contributed by atoms with E-state index in [9.17, 15) is 15.0 Å². The van der Waals surface area contributed by atoms with Crippen LogP contribution in [0, 0.1) is 0 Å². The van der Waals surface area contributed by atoms with Crippen molar-refractivity contribution in [3.8, 4) is 0 Å². The molecule has 3 fully saturated rings. The molecule has 2 saturated heterocycles. The van der Waals surface area contributed by atoms with Crippen molar-refractivity contribution < 1.29 is 29.2 Å². The van der Waals surface area contributed by atoms with E-state index in [1.165, 1.54) is 7.11 Å². The number of carbonyl (C=O) groups excluding carboxylic acids is 1. The summed E-state index contributed by atoms with van der Waals surface area (Å²) in [5, 5.41) is 19.8. The van der Waals surface area contributed by atoms with Gasteiger partial charge in [-0.3, -0.25) is 4.79 Å². The van der Waals surface area contributed by atoms with E-state index in [4.69, 9.17) is 9.47 Å². The Labute approximate surface area is 111 Å². The smallest absolute Gasteiger partial charge is 0.308 e. The molecule has 1 spiro atoms. The summed E-state index contributed by atoms with van der Waals surface area (Å²) < 4.78 is 16.5. The molecular formula is C13H20O6. The number of hydrogen-bond acceptors (Lipinski definition) is 6. The summed E-state index contributed by atoms with van der Waals surface area (Å²) in [6, 6.07) is 0. The largest absolute Gasteiger partial charge is 0.469 e. The lowest BCUT2D eigenvalue weighted by Crippen LogP contribution is -2.54. The van der Waals surface area contributed by atoms with E-state index in [1.54, 1.807) is 0 Å². The fourth-order valence-corrected chi connectivity index (χ4v) is 3.64. The quantitative estimate of drug-likeness (QED) is 0.674. The number of fused-ring (bicyclic) bond motifs is 1. The monoisotopic (exact) mass is 272 g/mol. The van der Waals surface area contributed by atoms with Crippen molar-refractivity contribution >= 4 is 5.97 Å². The number of aliphatic hydroxyl groups excluding tert-OH is 2. The molecule has 108 valence electrons. The summed E-state index contributed by atoms with van der Waals surface area (Å²) in [5.41, 5.74) is -0.541. The standard InChI is InChI=1S/C13H20O6/c1-17-11(15)4-7-2-3-10-13(19-7)5-8(14)12(16)9(6-13)18-10/h7-10,12,14,16H,2-6H2,1H3/t7-,8-,9-,10+,12?,13+/m1/s1. The molecule has 0 aromatic heterocycles.